The molecule has 3 aromatic rings. The number of ether oxygens (including phenoxy) is 3. The van der Waals surface area contributed by atoms with Crippen molar-refractivity contribution in [2.24, 2.45) is 0 Å². The molecule has 0 saturated heterocycles. The summed E-state index contributed by atoms with van der Waals surface area (Å²) in [5.74, 6) is 2.77. The van der Waals surface area contributed by atoms with Crippen molar-refractivity contribution in [3.05, 3.63) is 82.9 Å². The van der Waals surface area contributed by atoms with Crippen LogP contribution in [0.4, 0.5) is 0 Å². The molecule has 160 valence electrons. The van der Waals surface area contributed by atoms with Gasteiger partial charge < -0.3 is 19.1 Å². The first-order chi connectivity index (χ1) is 15.1. The first kappa shape index (κ1) is 20.8. The Labute approximate surface area is 183 Å². The minimum Gasteiger partial charge on any atom is -0.497 e. The third kappa shape index (κ3) is 3.72. The highest BCUT2D eigenvalue weighted by Crippen LogP contribution is 2.49. The van der Waals surface area contributed by atoms with Crippen molar-refractivity contribution in [1.82, 2.24) is 4.90 Å². The number of nitrogens with zero attached hydrogens (tertiary/aromatic N) is 1. The second-order valence-electron chi connectivity index (χ2n) is 7.41. The number of carbonyl (C=O) groups excluding carboxylic acids is 1. The van der Waals surface area contributed by atoms with Crippen LogP contribution < -0.4 is 14.2 Å². The van der Waals surface area contributed by atoms with Crippen LogP contribution in [-0.4, -0.2) is 38.1 Å². The minimum atomic E-state index is -0.147. The molecule has 1 aliphatic heterocycles. The maximum atomic E-state index is 13.3. The van der Waals surface area contributed by atoms with Crippen LogP contribution in [0.2, 0.25) is 0 Å². The number of benzene rings is 3. The highest BCUT2D eigenvalue weighted by atomic mass is 16.5. The smallest absolute Gasteiger partial charge is 0.254 e. The van der Waals surface area contributed by atoms with Gasteiger partial charge in [0.25, 0.3) is 5.91 Å². The van der Waals surface area contributed by atoms with E-state index in [0.29, 0.717) is 18.7 Å². The molecule has 0 aromatic heterocycles. The summed E-state index contributed by atoms with van der Waals surface area (Å²) in [5, 5.41) is 0. The van der Waals surface area contributed by atoms with Crippen LogP contribution in [0, 0.1) is 0 Å². The molecule has 4 rings (SSSR count). The van der Waals surface area contributed by atoms with Gasteiger partial charge in [-0.2, -0.15) is 0 Å². The van der Waals surface area contributed by atoms with Crippen LogP contribution in [0.15, 0.2) is 60.7 Å². The molecule has 0 N–H and O–H groups in total. The fraction of sp³-hybridized carbons (Fsp3) is 0.269. The van der Waals surface area contributed by atoms with Gasteiger partial charge >= 0.3 is 0 Å². The van der Waals surface area contributed by atoms with Crippen molar-refractivity contribution in [3.8, 4) is 23.0 Å². The predicted molar refractivity (Wildman–Crippen MR) is 121 cm³/mol. The zero-order chi connectivity index (χ0) is 22.0. The predicted octanol–water partition coefficient (Wildman–Crippen LogP) is 5.47. The summed E-state index contributed by atoms with van der Waals surface area (Å²) in [6.45, 7) is 5.33. The van der Waals surface area contributed by atoms with E-state index in [1.165, 1.54) is 0 Å². The Morgan fingerprint density at radius 3 is 1.90 bits per heavy atom. The fourth-order valence-corrected chi connectivity index (χ4v) is 4.18. The SMILES string of the molecule is CCN(CC)C(=O)c1ccccc1C1c2ccc(OC)cc2Oc2cc(OC)ccc21. The second-order valence-corrected chi connectivity index (χ2v) is 7.41. The third-order valence-electron chi connectivity index (χ3n) is 5.84. The summed E-state index contributed by atoms with van der Waals surface area (Å²) in [6, 6.07) is 19.5. The van der Waals surface area contributed by atoms with E-state index in [1.807, 2.05) is 79.4 Å². The van der Waals surface area contributed by atoms with Crippen LogP contribution >= 0.6 is 0 Å². The molecule has 0 radical (unpaired) electrons. The molecule has 1 aliphatic rings. The summed E-state index contributed by atoms with van der Waals surface area (Å²) in [4.78, 5) is 15.2. The molecule has 3 aromatic carbocycles. The first-order valence-electron chi connectivity index (χ1n) is 10.5. The molecular weight excluding hydrogens is 390 g/mol. The quantitative estimate of drug-likeness (QED) is 0.417. The van der Waals surface area contributed by atoms with Crippen LogP contribution in [0.1, 0.15) is 46.8 Å². The van der Waals surface area contributed by atoms with Crippen LogP contribution in [-0.2, 0) is 0 Å². The van der Waals surface area contributed by atoms with E-state index in [2.05, 4.69) is 0 Å². The highest BCUT2D eigenvalue weighted by molar-refractivity contribution is 5.96. The summed E-state index contributed by atoms with van der Waals surface area (Å²) >= 11 is 0. The molecule has 0 spiro atoms. The topological polar surface area (TPSA) is 48.0 Å². The van der Waals surface area contributed by atoms with Gasteiger partial charge in [0.2, 0.25) is 0 Å². The van der Waals surface area contributed by atoms with E-state index in [9.17, 15) is 4.79 Å². The molecule has 0 bridgehead atoms. The normalized spacial score (nSPS) is 12.4. The first-order valence-corrected chi connectivity index (χ1v) is 10.5. The Balaban J connectivity index is 1.93. The Morgan fingerprint density at radius 1 is 0.839 bits per heavy atom. The van der Waals surface area contributed by atoms with E-state index < -0.39 is 0 Å². The van der Waals surface area contributed by atoms with Crippen LogP contribution in [0.25, 0.3) is 0 Å². The number of methoxy groups -OCH3 is 2. The second kappa shape index (κ2) is 8.72. The Kier molecular flexibility index (Phi) is 5.85. The molecule has 1 amide bonds. The maximum absolute atomic E-state index is 13.3. The number of hydrogen-bond donors (Lipinski definition) is 0. The standard InChI is InChI=1S/C26H27NO4/c1-5-27(6-2)26(28)20-10-8-7-9-19(20)25-21-13-11-17(29-3)15-23(21)31-24-16-18(30-4)12-14-22(24)25/h7-16,25H,5-6H2,1-4H3. The van der Waals surface area contributed by atoms with E-state index in [1.54, 1.807) is 14.2 Å². The average Bonchev–Trinajstić information content (AvgIpc) is 2.82. The number of rotatable bonds is 6. The van der Waals surface area contributed by atoms with Gasteiger partial charge in [-0.1, -0.05) is 30.3 Å². The van der Waals surface area contributed by atoms with E-state index >= 15 is 0 Å². The number of hydrogen-bond acceptors (Lipinski definition) is 4. The molecule has 0 atom stereocenters. The monoisotopic (exact) mass is 417 g/mol. The van der Waals surface area contributed by atoms with Gasteiger partial charge in [-0.3, -0.25) is 4.79 Å². The largest absolute Gasteiger partial charge is 0.497 e. The summed E-state index contributed by atoms with van der Waals surface area (Å²) in [6.07, 6.45) is 0. The lowest BCUT2D eigenvalue weighted by Gasteiger charge is -2.31. The summed E-state index contributed by atoms with van der Waals surface area (Å²) in [7, 11) is 3.27. The highest BCUT2D eigenvalue weighted by Gasteiger charge is 2.32. The van der Waals surface area contributed by atoms with Crippen LogP contribution in [0.3, 0.4) is 0 Å². The fourth-order valence-electron chi connectivity index (χ4n) is 4.18. The van der Waals surface area contributed by atoms with Gasteiger partial charge in [0, 0.05) is 47.8 Å². The minimum absolute atomic E-state index is 0.0391. The number of amides is 1. The molecular formula is C26H27NO4. The molecule has 0 saturated carbocycles. The Bertz CT molecular complexity index is 1050. The lowest BCUT2D eigenvalue weighted by Crippen LogP contribution is -2.31. The molecule has 0 fully saturated rings. The van der Waals surface area contributed by atoms with Gasteiger partial charge in [-0.05, 0) is 37.6 Å². The molecule has 0 unspecified atom stereocenters. The summed E-state index contributed by atoms with van der Waals surface area (Å²) in [5.41, 5.74) is 3.67. The van der Waals surface area contributed by atoms with Crippen LogP contribution in [0.5, 0.6) is 23.0 Å². The number of carbonyl (C=O) groups is 1. The van der Waals surface area contributed by atoms with Gasteiger partial charge in [-0.15, -0.1) is 0 Å². The van der Waals surface area contributed by atoms with Crippen molar-refractivity contribution in [1.29, 1.82) is 0 Å². The Morgan fingerprint density at radius 2 is 1.39 bits per heavy atom. The van der Waals surface area contributed by atoms with E-state index in [-0.39, 0.29) is 11.8 Å². The van der Waals surface area contributed by atoms with Gasteiger partial charge in [0.05, 0.1) is 14.2 Å². The maximum Gasteiger partial charge on any atom is 0.254 e. The molecule has 5 nitrogen and oxygen atoms in total. The average molecular weight is 418 g/mol. The van der Waals surface area contributed by atoms with Crippen molar-refractivity contribution in [2.45, 2.75) is 19.8 Å². The Hall–Kier alpha value is -3.47. The zero-order valence-electron chi connectivity index (χ0n) is 18.3. The van der Waals surface area contributed by atoms with Crippen molar-refractivity contribution < 1.29 is 19.0 Å². The van der Waals surface area contributed by atoms with E-state index in [0.717, 1.165) is 39.7 Å². The number of fused-ring (bicyclic) bond motifs is 2. The zero-order valence-corrected chi connectivity index (χ0v) is 18.3. The lowest BCUT2D eigenvalue weighted by molar-refractivity contribution is 0.0771. The molecule has 1 heterocycles. The third-order valence-corrected chi connectivity index (χ3v) is 5.84. The van der Waals surface area contributed by atoms with Crippen molar-refractivity contribution in [3.63, 3.8) is 0 Å². The lowest BCUT2D eigenvalue weighted by atomic mass is 9.80. The van der Waals surface area contributed by atoms with Gasteiger partial charge in [0.1, 0.15) is 23.0 Å². The molecule has 5 heteroatoms. The molecule has 31 heavy (non-hydrogen) atoms. The van der Waals surface area contributed by atoms with Gasteiger partial charge in [0.15, 0.2) is 0 Å². The van der Waals surface area contributed by atoms with Crippen molar-refractivity contribution >= 4 is 5.91 Å². The van der Waals surface area contributed by atoms with Gasteiger partial charge in [-0.25, -0.2) is 0 Å². The summed E-state index contributed by atoms with van der Waals surface area (Å²) < 4.78 is 17.1. The van der Waals surface area contributed by atoms with E-state index in [4.69, 9.17) is 14.2 Å². The van der Waals surface area contributed by atoms with Crippen molar-refractivity contribution in [2.75, 3.05) is 27.3 Å². The molecule has 0 aliphatic carbocycles.